The molecule has 0 amide bonds. The molecule has 1 aliphatic carbocycles. The average molecular weight is 221 g/mol. The summed E-state index contributed by atoms with van der Waals surface area (Å²) in [6.45, 7) is 1.21. The van der Waals surface area contributed by atoms with Gasteiger partial charge in [-0.25, -0.2) is 0 Å². The molecule has 0 aromatic carbocycles. The molecule has 2 heteroatoms. The van der Waals surface area contributed by atoms with E-state index in [4.69, 9.17) is 0 Å². The summed E-state index contributed by atoms with van der Waals surface area (Å²) in [6.07, 6.45) is 8.43. The standard InChI is InChI=1S/C13H19NS/c1-2-5-10(4-1)12-7-8-13(15-12)11-6-3-9-14-11/h7-8,10-11,14H,1-6,9H2. The first kappa shape index (κ1) is 9.86. The maximum absolute atomic E-state index is 3.59. The summed E-state index contributed by atoms with van der Waals surface area (Å²) in [5.74, 6) is 0.894. The lowest BCUT2D eigenvalue weighted by Gasteiger charge is -2.07. The van der Waals surface area contributed by atoms with E-state index in [0.29, 0.717) is 6.04 Å². The molecule has 2 fully saturated rings. The maximum atomic E-state index is 3.59. The van der Waals surface area contributed by atoms with Crippen LogP contribution in [0.4, 0.5) is 0 Å². The van der Waals surface area contributed by atoms with Crippen LogP contribution in [0.15, 0.2) is 12.1 Å². The molecule has 0 spiro atoms. The first-order chi connectivity index (χ1) is 7.43. The van der Waals surface area contributed by atoms with Crippen molar-refractivity contribution in [1.29, 1.82) is 0 Å². The molecule has 1 aromatic rings. The van der Waals surface area contributed by atoms with E-state index in [-0.39, 0.29) is 0 Å². The van der Waals surface area contributed by atoms with E-state index >= 15 is 0 Å². The Morgan fingerprint density at radius 3 is 2.53 bits per heavy atom. The molecule has 0 bridgehead atoms. The van der Waals surface area contributed by atoms with Crippen molar-refractivity contribution < 1.29 is 0 Å². The maximum Gasteiger partial charge on any atom is 0.0415 e. The van der Waals surface area contributed by atoms with Crippen molar-refractivity contribution in [2.45, 2.75) is 50.5 Å². The first-order valence-electron chi connectivity index (χ1n) is 6.26. The van der Waals surface area contributed by atoms with Crippen molar-refractivity contribution >= 4 is 11.3 Å². The Hall–Kier alpha value is -0.340. The molecular formula is C13H19NS. The summed E-state index contributed by atoms with van der Waals surface area (Å²) in [6, 6.07) is 5.42. The van der Waals surface area contributed by atoms with Gasteiger partial charge in [-0.15, -0.1) is 11.3 Å². The zero-order chi connectivity index (χ0) is 10.1. The van der Waals surface area contributed by atoms with E-state index in [1.807, 2.05) is 0 Å². The van der Waals surface area contributed by atoms with Crippen molar-refractivity contribution in [2.24, 2.45) is 0 Å². The first-order valence-corrected chi connectivity index (χ1v) is 7.08. The van der Waals surface area contributed by atoms with Crippen molar-refractivity contribution in [2.75, 3.05) is 6.54 Å². The highest BCUT2D eigenvalue weighted by molar-refractivity contribution is 7.12. The number of hydrogen-bond donors (Lipinski definition) is 1. The van der Waals surface area contributed by atoms with Crippen molar-refractivity contribution in [1.82, 2.24) is 5.32 Å². The van der Waals surface area contributed by atoms with Gasteiger partial charge < -0.3 is 5.32 Å². The summed E-state index contributed by atoms with van der Waals surface area (Å²) in [5, 5.41) is 3.59. The van der Waals surface area contributed by atoms with E-state index in [1.165, 1.54) is 45.1 Å². The second-order valence-corrected chi connectivity index (χ2v) is 6.02. The van der Waals surface area contributed by atoms with Crippen LogP contribution in [0.3, 0.4) is 0 Å². The van der Waals surface area contributed by atoms with Gasteiger partial charge in [0.1, 0.15) is 0 Å². The van der Waals surface area contributed by atoms with Crippen LogP contribution in [0.2, 0.25) is 0 Å². The number of thiophene rings is 1. The van der Waals surface area contributed by atoms with Gasteiger partial charge in [-0.05, 0) is 50.3 Å². The van der Waals surface area contributed by atoms with Gasteiger partial charge in [-0.2, -0.15) is 0 Å². The average Bonchev–Trinajstić information content (AvgIpc) is 3.02. The largest absolute Gasteiger partial charge is 0.309 e. The Balaban J connectivity index is 1.74. The minimum absolute atomic E-state index is 0.671. The molecule has 1 saturated carbocycles. The molecule has 0 radical (unpaired) electrons. The highest BCUT2D eigenvalue weighted by Gasteiger charge is 2.22. The Morgan fingerprint density at radius 2 is 1.80 bits per heavy atom. The van der Waals surface area contributed by atoms with Crippen LogP contribution >= 0.6 is 11.3 Å². The van der Waals surface area contributed by atoms with Crippen LogP contribution < -0.4 is 5.32 Å². The fraction of sp³-hybridized carbons (Fsp3) is 0.692. The third-order valence-electron chi connectivity index (χ3n) is 3.81. The molecule has 3 rings (SSSR count). The van der Waals surface area contributed by atoms with Crippen molar-refractivity contribution in [3.8, 4) is 0 Å². The summed E-state index contributed by atoms with van der Waals surface area (Å²) >= 11 is 2.06. The van der Waals surface area contributed by atoms with Gasteiger partial charge in [0.15, 0.2) is 0 Å². The smallest absolute Gasteiger partial charge is 0.0415 e. The predicted octanol–water partition coefficient (Wildman–Crippen LogP) is 3.83. The third kappa shape index (κ3) is 1.98. The van der Waals surface area contributed by atoms with Gasteiger partial charge >= 0.3 is 0 Å². The van der Waals surface area contributed by atoms with Gasteiger partial charge in [0.05, 0.1) is 0 Å². The van der Waals surface area contributed by atoms with E-state index in [0.717, 1.165) is 5.92 Å². The highest BCUT2D eigenvalue weighted by atomic mass is 32.1. The second-order valence-electron chi connectivity index (χ2n) is 4.87. The molecule has 1 aliphatic heterocycles. The van der Waals surface area contributed by atoms with E-state index < -0.39 is 0 Å². The van der Waals surface area contributed by atoms with Gasteiger partial charge in [0.25, 0.3) is 0 Å². The molecule has 15 heavy (non-hydrogen) atoms. The molecule has 2 aliphatic rings. The Kier molecular flexibility index (Phi) is 2.80. The van der Waals surface area contributed by atoms with Crippen LogP contribution in [-0.2, 0) is 0 Å². The molecule has 1 unspecified atom stereocenters. The van der Waals surface area contributed by atoms with E-state index in [9.17, 15) is 0 Å². The zero-order valence-electron chi connectivity index (χ0n) is 9.17. The predicted molar refractivity (Wildman–Crippen MR) is 65.5 cm³/mol. The molecular weight excluding hydrogens is 202 g/mol. The van der Waals surface area contributed by atoms with Crippen molar-refractivity contribution in [3.63, 3.8) is 0 Å². The topological polar surface area (TPSA) is 12.0 Å². The lowest BCUT2D eigenvalue weighted by molar-refractivity contribution is 0.660. The minimum Gasteiger partial charge on any atom is -0.309 e. The molecule has 1 saturated heterocycles. The normalized spacial score (nSPS) is 27.6. The lowest BCUT2D eigenvalue weighted by Crippen LogP contribution is -2.11. The monoisotopic (exact) mass is 221 g/mol. The SMILES string of the molecule is c1cc(C2CCCN2)sc1C1CCCC1. The summed E-state index contributed by atoms with van der Waals surface area (Å²) in [7, 11) is 0. The fourth-order valence-corrected chi connectivity index (χ4v) is 4.20. The van der Waals surface area contributed by atoms with Gasteiger partial charge in [-0.1, -0.05) is 12.8 Å². The summed E-state index contributed by atoms with van der Waals surface area (Å²) in [4.78, 5) is 3.23. The number of nitrogens with one attached hydrogen (secondary N) is 1. The Bertz CT molecular complexity index is 289. The van der Waals surface area contributed by atoms with Crippen LogP contribution in [0, 0.1) is 0 Å². The van der Waals surface area contributed by atoms with Gasteiger partial charge in [-0.3, -0.25) is 0 Å². The van der Waals surface area contributed by atoms with Gasteiger partial charge in [0.2, 0.25) is 0 Å². The molecule has 1 aromatic heterocycles. The quantitative estimate of drug-likeness (QED) is 0.800. The molecule has 1 nitrogen and oxygen atoms in total. The van der Waals surface area contributed by atoms with Gasteiger partial charge in [0, 0.05) is 15.8 Å². The Morgan fingerprint density at radius 1 is 1.00 bits per heavy atom. The minimum atomic E-state index is 0.671. The van der Waals surface area contributed by atoms with E-state index in [1.54, 1.807) is 9.75 Å². The number of rotatable bonds is 2. The molecule has 1 N–H and O–H groups in total. The van der Waals surface area contributed by atoms with Crippen molar-refractivity contribution in [3.05, 3.63) is 21.9 Å². The highest BCUT2D eigenvalue weighted by Crippen LogP contribution is 2.39. The summed E-state index contributed by atoms with van der Waals surface area (Å²) in [5.41, 5.74) is 0. The third-order valence-corrected chi connectivity index (χ3v) is 5.17. The van der Waals surface area contributed by atoms with Crippen LogP contribution in [0.25, 0.3) is 0 Å². The van der Waals surface area contributed by atoms with Crippen LogP contribution in [-0.4, -0.2) is 6.54 Å². The van der Waals surface area contributed by atoms with Crippen LogP contribution in [0.1, 0.15) is 60.2 Å². The molecule has 2 heterocycles. The lowest BCUT2D eigenvalue weighted by atomic mass is 10.1. The Labute approximate surface area is 95.9 Å². The zero-order valence-corrected chi connectivity index (χ0v) is 9.98. The second kappa shape index (κ2) is 4.26. The fourth-order valence-electron chi connectivity index (χ4n) is 2.91. The summed E-state index contributed by atoms with van der Waals surface area (Å²) < 4.78 is 0. The molecule has 1 atom stereocenters. The van der Waals surface area contributed by atoms with E-state index in [2.05, 4.69) is 28.8 Å². The number of hydrogen-bond acceptors (Lipinski definition) is 2. The van der Waals surface area contributed by atoms with Crippen LogP contribution in [0.5, 0.6) is 0 Å². The molecule has 82 valence electrons.